The number of aromatic carboxylic acids is 1. The Morgan fingerprint density at radius 2 is 2.25 bits per heavy atom. The van der Waals surface area contributed by atoms with Crippen molar-refractivity contribution in [3.05, 3.63) is 51.5 Å². The lowest BCUT2D eigenvalue weighted by Crippen LogP contribution is -1.99. The average molecular weight is 233 g/mol. The van der Waals surface area contributed by atoms with E-state index in [1.807, 2.05) is 18.4 Å². The maximum atomic E-state index is 10.9. The second-order valence-corrected chi connectivity index (χ2v) is 4.59. The van der Waals surface area contributed by atoms with Crippen LogP contribution in [0.25, 0.3) is 0 Å². The first kappa shape index (κ1) is 10.8. The fraction of sp³-hybridized carbons (Fsp3) is 0.167. The average Bonchev–Trinajstić information content (AvgIpc) is 2.69. The molecule has 0 aliphatic heterocycles. The molecule has 0 fully saturated rings. The summed E-state index contributed by atoms with van der Waals surface area (Å²) in [5, 5.41) is 11.9. The molecule has 1 aromatic heterocycles. The van der Waals surface area contributed by atoms with Crippen molar-refractivity contribution in [2.24, 2.45) is 0 Å². The van der Waals surface area contributed by atoms with Gasteiger partial charge >= 0.3 is 5.97 Å². The molecule has 1 heterocycles. The molecule has 4 heteroatoms. The highest BCUT2D eigenvalue weighted by molar-refractivity contribution is 7.09. The zero-order valence-corrected chi connectivity index (χ0v) is 9.62. The van der Waals surface area contributed by atoms with Gasteiger partial charge in [0.2, 0.25) is 0 Å². The van der Waals surface area contributed by atoms with E-state index in [1.165, 1.54) is 0 Å². The molecule has 0 bridgehead atoms. The van der Waals surface area contributed by atoms with Crippen molar-refractivity contribution >= 4 is 17.3 Å². The summed E-state index contributed by atoms with van der Waals surface area (Å²) in [6.45, 7) is 1.90. The molecule has 0 saturated carbocycles. The van der Waals surface area contributed by atoms with Gasteiger partial charge in [-0.2, -0.15) is 0 Å². The van der Waals surface area contributed by atoms with Gasteiger partial charge in [-0.25, -0.2) is 9.78 Å². The summed E-state index contributed by atoms with van der Waals surface area (Å²) in [6, 6.07) is 5.37. The number of aromatic nitrogens is 1. The van der Waals surface area contributed by atoms with Crippen LogP contribution in [-0.2, 0) is 6.42 Å². The third-order valence-electron chi connectivity index (χ3n) is 2.22. The van der Waals surface area contributed by atoms with Gasteiger partial charge < -0.3 is 5.11 Å². The van der Waals surface area contributed by atoms with Gasteiger partial charge in [0.25, 0.3) is 0 Å². The van der Waals surface area contributed by atoms with E-state index in [0.29, 0.717) is 12.0 Å². The predicted molar refractivity (Wildman–Crippen MR) is 63.1 cm³/mol. The molecule has 0 amide bonds. The molecular weight excluding hydrogens is 222 g/mol. The van der Waals surface area contributed by atoms with Crippen LogP contribution >= 0.6 is 11.3 Å². The number of carboxylic acids is 1. The molecule has 0 saturated heterocycles. The van der Waals surface area contributed by atoms with Crippen LogP contribution in [0.5, 0.6) is 0 Å². The zero-order chi connectivity index (χ0) is 11.5. The Morgan fingerprint density at radius 3 is 2.88 bits per heavy atom. The number of thiazole rings is 1. The summed E-state index contributed by atoms with van der Waals surface area (Å²) in [5.74, 6) is -0.885. The number of hydrogen-bond acceptors (Lipinski definition) is 3. The molecule has 16 heavy (non-hydrogen) atoms. The molecule has 1 aromatic carbocycles. The van der Waals surface area contributed by atoms with Crippen molar-refractivity contribution in [1.29, 1.82) is 0 Å². The van der Waals surface area contributed by atoms with Crippen molar-refractivity contribution < 1.29 is 9.90 Å². The van der Waals surface area contributed by atoms with E-state index in [1.54, 1.807) is 29.7 Å². The van der Waals surface area contributed by atoms with Crippen LogP contribution in [0.15, 0.2) is 29.8 Å². The minimum absolute atomic E-state index is 0.339. The number of carboxylic acid groups (broad SMARTS) is 1. The number of nitrogens with zero attached hydrogens (tertiary/aromatic N) is 1. The summed E-state index contributed by atoms with van der Waals surface area (Å²) >= 11 is 1.58. The van der Waals surface area contributed by atoms with Crippen molar-refractivity contribution in [3.63, 3.8) is 0 Å². The van der Waals surface area contributed by atoms with Crippen molar-refractivity contribution in [3.8, 4) is 0 Å². The summed E-state index contributed by atoms with van der Waals surface area (Å²) in [4.78, 5) is 15.1. The van der Waals surface area contributed by atoms with Gasteiger partial charge in [0.05, 0.1) is 10.6 Å². The first-order chi connectivity index (χ1) is 7.65. The van der Waals surface area contributed by atoms with E-state index in [2.05, 4.69) is 4.98 Å². The largest absolute Gasteiger partial charge is 0.478 e. The summed E-state index contributed by atoms with van der Waals surface area (Å²) in [6.07, 6.45) is 2.45. The Morgan fingerprint density at radius 1 is 1.44 bits per heavy atom. The Hall–Kier alpha value is -1.68. The Kier molecular flexibility index (Phi) is 3.01. The molecule has 0 unspecified atom stereocenters. The highest BCUT2D eigenvalue weighted by Gasteiger charge is 2.06. The quantitative estimate of drug-likeness (QED) is 0.886. The van der Waals surface area contributed by atoms with E-state index in [4.69, 9.17) is 5.11 Å². The van der Waals surface area contributed by atoms with Gasteiger partial charge in [0.1, 0.15) is 0 Å². The molecule has 3 nitrogen and oxygen atoms in total. The normalized spacial score (nSPS) is 10.3. The molecule has 0 radical (unpaired) electrons. The van der Waals surface area contributed by atoms with E-state index >= 15 is 0 Å². The molecule has 2 aromatic rings. The Bertz CT molecular complexity index is 506. The monoisotopic (exact) mass is 233 g/mol. The van der Waals surface area contributed by atoms with Crippen LogP contribution in [0.4, 0.5) is 0 Å². The fourth-order valence-electron chi connectivity index (χ4n) is 1.60. The van der Waals surface area contributed by atoms with Crippen LogP contribution in [0.3, 0.4) is 0 Å². The van der Waals surface area contributed by atoms with E-state index in [-0.39, 0.29) is 0 Å². The maximum Gasteiger partial charge on any atom is 0.335 e. The number of hydrogen-bond donors (Lipinski definition) is 1. The van der Waals surface area contributed by atoms with Crippen molar-refractivity contribution in [1.82, 2.24) is 4.98 Å². The molecule has 0 aliphatic rings. The zero-order valence-electron chi connectivity index (χ0n) is 8.80. The molecule has 2 rings (SSSR count). The van der Waals surface area contributed by atoms with Gasteiger partial charge in [-0.15, -0.1) is 11.3 Å². The number of carbonyl (C=O) groups is 1. The van der Waals surface area contributed by atoms with Gasteiger partial charge in [-0.05, 0) is 30.2 Å². The van der Waals surface area contributed by atoms with Crippen LogP contribution in [0, 0.1) is 6.92 Å². The number of aryl methyl sites for hydroxylation is 1. The minimum atomic E-state index is -0.885. The molecule has 82 valence electrons. The van der Waals surface area contributed by atoms with Gasteiger partial charge in [-0.1, -0.05) is 6.07 Å². The lowest BCUT2D eigenvalue weighted by molar-refractivity contribution is 0.0696. The first-order valence-corrected chi connectivity index (χ1v) is 5.75. The van der Waals surface area contributed by atoms with E-state index in [9.17, 15) is 4.79 Å². The molecule has 1 N–H and O–H groups in total. The highest BCUT2D eigenvalue weighted by atomic mass is 32.1. The second-order valence-electron chi connectivity index (χ2n) is 3.62. The van der Waals surface area contributed by atoms with Gasteiger partial charge in [-0.3, -0.25) is 0 Å². The Labute approximate surface area is 97.4 Å². The second kappa shape index (κ2) is 4.45. The SMILES string of the molecule is Cc1cc(Cc2nccs2)cc(C(=O)O)c1. The van der Waals surface area contributed by atoms with Gasteiger partial charge in [0, 0.05) is 18.0 Å². The number of rotatable bonds is 3. The van der Waals surface area contributed by atoms with Crippen LogP contribution in [0.2, 0.25) is 0 Å². The molecule has 0 atom stereocenters. The third kappa shape index (κ3) is 2.46. The van der Waals surface area contributed by atoms with Crippen LogP contribution < -0.4 is 0 Å². The lowest BCUT2D eigenvalue weighted by atomic mass is 10.0. The molecular formula is C12H11NO2S. The van der Waals surface area contributed by atoms with Crippen LogP contribution in [-0.4, -0.2) is 16.1 Å². The number of benzene rings is 1. The van der Waals surface area contributed by atoms with E-state index in [0.717, 1.165) is 16.1 Å². The smallest absolute Gasteiger partial charge is 0.335 e. The van der Waals surface area contributed by atoms with Crippen molar-refractivity contribution in [2.45, 2.75) is 13.3 Å². The van der Waals surface area contributed by atoms with E-state index < -0.39 is 5.97 Å². The predicted octanol–water partition coefficient (Wildman–Crippen LogP) is 2.74. The fourth-order valence-corrected chi connectivity index (χ4v) is 2.25. The Balaban J connectivity index is 2.31. The summed E-state index contributed by atoms with van der Waals surface area (Å²) in [7, 11) is 0. The topological polar surface area (TPSA) is 50.2 Å². The highest BCUT2D eigenvalue weighted by Crippen LogP contribution is 2.15. The standard InChI is InChI=1S/C12H11NO2S/c1-8-4-9(6-10(5-8)12(14)15)7-11-13-2-3-16-11/h2-6H,7H2,1H3,(H,14,15). The lowest BCUT2D eigenvalue weighted by Gasteiger charge is -2.03. The maximum absolute atomic E-state index is 10.9. The third-order valence-corrected chi connectivity index (χ3v) is 3.00. The molecule has 0 aliphatic carbocycles. The van der Waals surface area contributed by atoms with Gasteiger partial charge in [0.15, 0.2) is 0 Å². The minimum Gasteiger partial charge on any atom is -0.478 e. The van der Waals surface area contributed by atoms with Crippen molar-refractivity contribution in [2.75, 3.05) is 0 Å². The summed E-state index contributed by atoms with van der Waals surface area (Å²) < 4.78 is 0. The molecule has 0 spiro atoms. The summed E-state index contributed by atoms with van der Waals surface area (Å²) in [5.41, 5.74) is 2.30. The first-order valence-electron chi connectivity index (χ1n) is 4.87. The van der Waals surface area contributed by atoms with Crippen LogP contribution in [0.1, 0.15) is 26.5 Å².